The lowest BCUT2D eigenvalue weighted by Crippen LogP contribution is -2.53. The van der Waals surface area contributed by atoms with Crippen LogP contribution in [0.15, 0.2) is 0 Å². The molecule has 3 fully saturated rings. The van der Waals surface area contributed by atoms with Gasteiger partial charge in [0.15, 0.2) is 0 Å². The van der Waals surface area contributed by atoms with E-state index in [4.69, 9.17) is 10.00 Å². The van der Waals surface area contributed by atoms with E-state index < -0.39 is 0 Å². The molecule has 3 saturated carbocycles. The van der Waals surface area contributed by atoms with Crippen molar-refractivity contribution in [2.45, 2.75) is 39.5 Å². The monoisotopic (exact) mass is 207 g/mol. The van der Waals surface area contributed by atoms with E-state index in [9.17, 15) is 0 Å². The smallest absolute Gasteiger partial charge is 0.0645 e. The van der Waals surface area contributed by atoms with Crippen molar-refractivity contribution in [1.29, 1.82) is 5.26 Å². The number of nitriles is 1. The SMILES string of the molecule is CC1(C)[C@H]2CC[C@H](COCCC#N)[C@@H]1C2. The third-order valence-electron chi connectivity index (χ3n) is 4.69. The lowest BCUT2D eigenvalue weighted by atomic mass is 9.46. The number of hydrogen-bond donors (Lipinski definition) is 0. The molecule has 0 aromatic carbocycles. The molecule has 0 amide bonds. The Bertz CT molecular complexity index is 264. The number of hydrogen-bond acceptors (Lipinski definition) is 2. The van der Waals surface area contributed by atoms with E-state index in [1.165, 1.54) is 19.3 Å². The van der Waals surface area contributed by atoms with Crippen LogP contribution in [-0.2, 0) is 4.74 Å². The molecular formula is C13H21NO. The van der Waals surface area contributed by atoms with Crippen LogP contribution in [0.4, 0.5) is 0 Å². The Balaban J connectivity index is 1.77. The van der Waals surface area contributed by atoms with E-state index >= 15 is 0 Å². The van der Waals surface area contributed by atoms with Gasteiger partial charge < -0.3 is 4.74 Å². The fourth-order valence-corrected chi connectivity index (χ4v) is 3.51. The summed E-state index contributed by atoms with van der Waals surface area (Å²) in [7, 11) is 0. The lowest BCUT2D eigenvalue weighted by Gasteiger charge is -2.60. The van der Waals surface area contributed by atoms with Gasteiger partial charge in [-0.2, -0.15) is 5.26 Å². The maximum absolute atomic E-state index is 8.42. The van der Waals surface area contributed by atoms with Crippen LogP contribution in [0.3, 0.4) is 0 Å². The van der Waals surface area contributed by atoms with Crippen LogP contribution in [0.5, 0.6) is 0 Å². The van der Waals surface area contributed by atoms with Gasteiger partial charge >= 0.3 is 0 Å². The van der Waals surface area contributed by atoms with Gasteiger partial charge in [0.1, 0.15) is 0 Å². The fourth-order valence-electron chi connectivity index (χ4n) is 3.51. The summed E-state index contributed by atoms with van der Waals surface area (Å²) in [5, 5.41) is 8.42. The first-order valence-corrected chi connectivity index (χ1v) is 6.11. The van der Waals surface area contributed by atoms with Crippen molar-refractivity contribution in [1.82, 2.24) is 0 Å². The predicted molar refractivity (Wildman–Crippen MR) is 59.2 cm³/mol. The van der Waals surface area contributed by atoms with E-state index in [0.717, 1.165) is 24.4 Å². The molecule has 2 heteroatoms. The standard InChI is InChI=1S/C13H21NO/c1-13(2)11-5-4-10(12(13)8-11)9-15-7-3-6-14/h10-12H,3-5,7-9H2,1-2H3/t10-,11+,12+/m1/s1. The molecule has 2 bridgehead atoms. The van der Waals surface area contributed by atoms with E-state index in [1.807, 2.05) is 0 Å². The van der Waals surface area contributed by atoms with E-state index in [-0.39, 0.29) is 0 Å². The Morgan fingerprint density at radius 1 is 1.40 bits per heavy atom. The molecule has 15 heavy (non-hydrogen) atoms. The molecule has 0 heterocycles. The van der Waals surface area contributed by atoms with Gasteiger partial charge in [0.25, 0.3) is 0 Å². The van der Waals surface area contributed by atoms with Crippen LogP contribution in [0.1, 0.15) is 39.5 Å². The average molecular weight is 207 g/mol. The molecule has 0 aromatic rings. The van der Waals surface area contributed by atoms with Gasteiger partial charge in [-0.25, -0.2) is 0 Å². The van der Waals surface area contributed by atoms with Crippen LogP contribution in [0.25, 0.3) is 0 Å². The van der Waals surface area contributed by atoms with Crippen molar-refractivity contribution in [3.05, 3.63) is 0 Å². The Hall–Kier alpha value is -0.550. The van der Waals surface area contributed by atoms with Crippen molar-refractivity contribution in [2.75, 3.05) is 13.2 Å². The highest BCUT2D eigenvalue weighted by Crippen LogP contribution is 2.61. The average Bonchev–Trinajstić information content (AvgIpc) is 2.24. The van der Waals surface area contributed by atoms with Crippen LogP contribution >= 0.6 is 0 Å². The molecule has 3 aliphatic carbocycles. The third-order valence-corrected chi connectivity index (χ3v) is 4.69. The van der Waals surface area contributed by atoms with Crippen molar-refractivity contribution >= 4 is 0 Å². The minimum absolute atomic E-state index is 0.531. The predicted octanol–water partition coefficient (Wildman–Crippen LogP) is 2.99. The summed E-state index contributed by atoms with van der Waals surface area (Å²) in [6.45, 7) is 6.31. The second kappa shape index (κ2) is 4.14. The van der Waals surface area contributed by atoms with Gasteiger partial charge in [0, 0.05) is 6.61 Å². The Labute approximate surface area is 92.6 Å². The maximum Gasteiger partial charge on any atom is 0.0645 e. The minimum Gasteiger partial charge on any atom is -0.380 e. The quantitative estimate of drug-likeness (QED) is 0.664. The van der Waals surface area contributed by atoms with Gasteiger partial charge in [-0.15, -0.1) is 0 Å². The summed E-state index contributed by atoms with van der Waals surface area (Å²) >= 11 is 0. The molecule has 84 valence electrons. The van der Waals surface area contributed by atoms with Crippen molar-refractivity contribution in [2.24, 2.45) is 23.2 Å². The summed E-state index contributed by atoms with van der Waals surface area (Å²) in [4.78, 5) is 0. The van der Waals surface area contributed by atoms with Crippen LogP contribution in [0.2, 0.25) is 0 Å². The molecule has 0 radical (unpaired) electrons. The van der Waals surface area contributed by atoms with Crippen LogP contribution in [0, 0.1) is 34.5 Å². The molecule has 0 unspecified atom stereocenters. The minimum atomic E-state index is 0.531. The second-order valence-corrected chi connectivity index (χ2v) is 5.68. The van der Waals surface area contributed by atoms with Gasteiger partial charge in [-0.3, -0.25) is 0 Å². The zero-order valence-electron chi connectivity index (χ0n) is 9.83. The van der Waals surface area contributed by atoms with Gasteiger partial charge in [0.2, 0.25) is 0 Å². The number of nitrogens with zero attached hydrogens (tertiary/aromatic N) is 1. The molecule has 0 spiro atoms. The first-order chi connectivity index (χ1) is 7.16. The van der Waals surface area contributed by atoms with Crippen LogP contribution < -0.4 is 0 Å². The van der Waals surface area contributed by atoms with E-state index in [2.05, 4.69) is 19.9 Å². The molecular weight excluding hydrogens is 186 g/mol. The highest BCUT2D eigenvalue weighted by Gasteiger charge is 2.53. The number of rotatable bonds is 4. The van der Waals surface area contributed by atoms with Crippen molar-refractivity contribution in [3.8, 4) is 6.07 Å². The van der Waals surface area contributed by atoms with Crippen LogP contribution in [-0.4, -0.2) is 13.2 Å². The molecule has 0 aromatic heterocycles. The summed E-state index contributed by atoms with van der Waals surface area (Å²) in [5.41, 5.74) is 0.557. The first kappa shape index (κ1) is 11.0. The lowest BCUT2D eigenvalue weighted by molar-refractivity contribution is -0.123. The van der Waals surface area contributed by atoms with Gasteiger partial charge in [0.05, 0.1) is 19.1 Å². The molecule has 0 N–H and O–H groups in total. The molecule has 0 aliphatic heterocycles. The number of fused-ring (bicyclic) bond motifs is 2. The third kappa shape index (κ3) is 1.90. The normalized spacial score (nSPS) is 36.7. The molecule has 3 atom stereocenters. The van der Waals surface area contributed by atoms with Gasteiger partial charge in [-0.05, 0) is 42.4 Å². The zero-order chi connectivity index (χ0) is 10.9. The Morgan fingerprint density at radius 3 is 2.80 bits per heavy atom. The molecule has 3 rings (SSSR count). The van der Waals surface area contributed by atoms with E-state index in [1.54, 1.807) is 0 Å². The summed E-state index contributed by atoms with van der Waals surface area (Å²) in [6, 6.07) is 2.12. The number of ether oxygens (including phenoxy) is 1. The van der Waals surface area contributed by atoms with Crippen molar-refractivity contribution < 1.29 is 4.74 Å². The Kier molecular flexibility index (Phi) is 3.02. The highest BCUT2D eigenvalue weighted by molar-refractivity contribution is 5.03. The van der Waals surface area contributed by atoms with E-state index in [0.29, 0.717) is 18.4 Å². The molecule has 0 saturated heterocycles. The Morgan fingerprint density at radius 2 is 2.20 bits per heavy atom. The van der Waals surface area contributed by atoms with Crippen molar-refractivity contribution in [3.63, 3.8) is 0 Å². The maximum atomic E-state index is 8.42. The zero-order valence-corrected chi connectivity index (χ0v) is 9.83. The fraction of sp³-hybridized carbons (Fsp3) is 0.923. The highest BCUT2D eigenvalue weighted by atomic mass is 16.5. The van der Waals surface area contributed by atoms with Gasteiger partial charge in [-0.1, -0.05) is 13.8 Å². The topological polar surface area (TPSA) is 33.0 Å². The second-order valence-electron chi connectivity index (χ2n) is 5.68. The summed E-state index contributed by atoms with van der Waals surface area (Å²) in [6.07, 6.45) is 4.67. The largest absolute Gasteiger partial charge is 0.380 e. The summed E-state index contributed by atoms with van der Waals surface area (Å²) < 4.78 is 5.58. The molecule has 2 nitrogen and oxygen atoms in total. The molecule has 3 aliphatic rings. The first-order valence-electron chi connectivity index (χ1n) is 6.11. The summed E-state index contributed by atoms with van der Waals surface area (Å²) in [5.74, 6) is 2.60.